The molecule has 0 atom stereocenters. The van der Waals surface area contributed by atoms with Gasteiger partial charge in [-0.1, -0.05) is 6.07 Å². The van der Waals surface area contributed by atoms with Crippen LogP contribution in [0.1, 0.15) is 8.42 Å². The molecule has 0 aliphatic carbocycles. The standard InChI is InChI=1S/C10H10O4.2Na.2H/c1-14-9-6-7(2-4-8(9)11)3-5-10(12)13;;;;/h2-6,11H,1H3,(H,12,13);;;;/q;2*+1;2*-1. The number of rotatable bonds is 3. The Bertz CT molecular complexity index is 386. The number of carboxylic acid groups (broad SMARTS) is 1. The van der Waals surface area contributed by atoms with E-state index >= 15 is 0 Å². The molecule has 0 spiro atoms. The van der Waals surface area contributed by atoms with Gasteiger partial charge in [-0.05, 0) is 23.8 Å². The number of methoxy groups -OCH3 is 1. The summed E-state index contributed by atoms with van der Waals surface area (Å²) in [4.78, 5) is 10.2. The molecule has 0 aromatic heterocycles. The summed E-state index contributed by atoms with van der Waals surface area (Å²) in [5.74, 6) is -0.672. The van der Waals surface area contributed by atoms with Crippen LogP contribution in [-0.4, -0.2) is 23.3 Å². The number of aliphatic carboxylic acids is 1. The normalized spacial score (nSPS) is 9.06. The Hall–Kier alpha value is 0.0300. The monoisotopic (exact) mass is 242 g/mol. The van der Waals surface area contributed by atoms with Crippen molar-refractivity contribution in [1.29, 1.82) is 0 Å². The largest absolute Gasteiger partial charge is 1.00 e. The topological polar surface area (TPSA) is 66.8 Å². The Kier molecular flexibility index (Phi) is 10.5. The molecule has 1 aromatic rings. The zero-order valence-corrected chi connectivity index (χ0v) is 13.6. The van der Waals surface area contributed by atoms with Crippen LogP contribution in [-0.2, 0) is 4.79 Å². The second-order valence-corrected chi connectivity index (χ2v) is 2.60. The Balaban J connectivity index is -0.000000245. The molecule has 2 N–H and O–H groups in total. The molecule has 0 fully saturated rings. The number of hydrogen-bond acceptors (Lipinski definition) is 3. The summed E-state index contributed by atoms with van der Waals surface area (Å²) >= 11 is 0. The number of phenols is 1. The van der Waals surface area contributed by atoms with Crippen LogP contribution in [0.2, 0.25) is 0 Å². The summed E-state index contributed by atoms with van der Waals surface area (Å²) in [7, 11) is 1.43. The maximum Gasteiger partial charge on any atom is 1.00 e. The van der Waals surface area contributed by atoms with Crippen molar-refractivity contribution >= 4 is 12.0 Å². The van der Waals surface area contributed by atoms with Gasteiger partial charge in [0.2, 0.25) is 0 Å². The van der Waals surface area contributed by atoms with E-state index in [1.165, 1.54) is 19.3 Å². The average Bonchev–Trinajstić information content (AvgIpc) is 2.16. The first-order chi connectivity index (χ1) is 6.63. The van der Waals surface area contributed by atoms with E-state index in [0.717, 1.165) is 6.08 Å². The van der Waals surface area contributed by atoms with Gasteiger partial charge < -0.3 is 17.8 Å². The van der Waals surface area contributed by atoms with Gasteiger partial charge in [0.25, 0.3) is 0 Å². The molecule has 0 aliphatic heterocycles. The SMILES string of the molecule is COc1cc(C=CC(=O)O)ccc1O.[H-].[H-].[Na+].[Na+]. The zero-order valence-electron chi connectivity index (χ0n) is 11.6. The van der Waals surface area contributed by atoms with Crippen molar-refractivity contribution in [1.82, 2.24) is 0 Å². The van der Waals surface area contributed by atoms with Crippen LogP contribution in [0.3, 0.4) is 0 Å². The van der Waals surface area contributed by atoms with Crippen molar-refractivity contribution in [2.24, 2.45) is 0 Å². The first-order valence-corrected chi connectivity index (χ1v) is 3.91. The summed E-state index contributed by atoms with van der Waals surface area (Å²) in [6, 6.07) is 4.59. The minimum atomic E-state index is -1.02. The molecular formula is C10H12Na2O4. The summed E-state index contributed by atoms with van der Waals surface area (Å²) < 4.78 is 4.86. The van der Waals surface area contributed by atoms with E-state index in [0.29, 0.717) is 11.3 Å². The third-order valence-corrected chi connectivity index (χ3v) is 1.62. The van der Waals surface area contributed by atoms with Gasteiger partial charge in [-0.15, -0.1) is 0 Å². The number of phenolic OH excluding ortho intramolecular Hbond substituents is 1. The second kappa shape index (κ2) is 9.10. The van der Waals surface area contributed by atoms with Crippen molar-refractivity contribution < 1.29 is 81.7 Å². The number of aromatic hydroxyl groups is 1. The summed E-state index contributed by atoms with van der Waals surface area (Å²) in [5, 5.41) is 17.6. The number of carbonyl (C=O) groups is 1. The van der Waals surface area contributed by atoms with Gasteiger partial charge in [0.15, 0.2) is 11.5 Å². The first-order valence-electron chi connectivity index (χ1n) is 3.91. The van der Waals surface area contributed by atoms with E-state index in [1.54, 1.807) is 12.1 Å². The molecule has 0 unspecified atom stereocenters. The molecule has 0 radical (unpaired) electrons. The molecule has 6 heteroatoms. The van der Waals surface area contributed by atoms with Crippen LogP contribution in [0, 0.1) is 0 Å². The second-order valence-electron chi connectivity index (χ2n) is 2.60. The van der Waals surface area contributed by atoms with Crippen molar-refractivity contribution in [2.45, 2.75) is 0 Å². The van der Waals surface area contributed by atoms with Gasteiger partial charge in [-0.2, -0.15) is 0 Å². The molecule has 0 bridgehead atoms. The fourth-order valence-electron chi connectivity index (χ4n) is 0.965. The molecule has 78 valence electrons. The number of carboxylic acids is 1. The van der Waals surface area contributed by atoms with E-state index in [1.807, 2.05) is 0 Å². The summed E-state index contributed by atoms with van der Waals surface area (Å²) in [6.07, 6.45) is 2.44. The third kappa shape index (κ3) is 5.94. The molecule has 0 heterocycles. The molecule has 0 amide bonds. The minimum Gasteiger partial charge on any atom is -1.00 e. The molecule has 0 saturated carbocycles. The summed E-state index contributed by atoms with van der Waals surface area (Å²) in [5.41, 5.74) is 0.655. The van der Waals surface area contributed by atoms with Gasteiger partial charge in [0.1, 0.15) is 0 Å². The predicted molar refractivity (Wildman–Crippen MR) is 53.6 cm³/mol. The van der Waals surface area contributed by atoms with Crippen LogP contribution < -0.4 is 63.9 Å². The quantitative estimate of drug-likeness (QED) is 0.416. The van der Waals surface area contributed by atoms with E-state index in [-0.39, 0.29) is 67.7 Å². The Morgan fingerprint density at radius 1 is 1.44 bits per heavy atom. The Morgan fingerprint density at radius 3 is 2.56 bits per heavy atom. The number of benzene rings is 1. The molecule has 16 heavy (non-hydrogen) atoms. The Labute approximate surface area is 141 Å². The van der Waals surface area contributed by atoms with Gasteiger partial charge >= 0.3 is 65.1 Å². The maximum atomic E-state index is 10.2. The van der Waals surface area contributed by atoms with E-state index in [9.17, 15) is 9.90 Å². The summed E-state index contributed by atoms with van der Waals surface area (Å²) in [6.45, 7) is 0. The maximum absolute atomic E-state index is 10.2. The number of hydrogen-bond donors (Lipinski definition) is 2. The van der Waals surface area contributed by atoms with Gasteiger partial charge in [0, 0.05) is 6.08 Å². The van der Waals surface area contributed by atoms with Crippen LogP contribution >= 0.6 is 0 Å². The Morgan fingerprint density at radius 2 is 2.06 bits per heavy atom. The van der Waals surface area contributed by atoms with Gasteiger partial charge in [-0.25, -0.2) is 4.79 Å². The first kappa shape index (κ1) is 18.4. The van der Waals surface area contributed by atoms with Crippen molar-refractivity contribution in [3.8, 4) is 11.5 Å². The van der Waals surface area contributed by atoms with Gasteiger partial charge in [-0.3, -0.25) is 0 Å². The van der Waals surface area contributed by atoms with Crippen molar-refractivity contribution in [3.63, 3.8) is 0 Å². The average molecular weight is 242 g/mol. The fraction of sp³-hybridized carbons (Fsp3) is 0.100. The molecule has 0 aliphatic rings. The van der Waals surface area contributed by atoms with Crippen LogP contribution in [0.15, 0.2) is 24.3 Å². The van der Waals surface area contributed by atoms with E-state index in [2.05, 4.69) is 0 Å². The molecule has 1 aromatic carbocycles. The molecule has 4 nitrogen and oxygen atoms in total. The third-order valence-electron chi connectivity index (χ3n) is 1.62. The van der Waals surface area contributed by atoms with Crippen LogP contribution in [0.25, 0.3) is 6.08 Å². The van der Waals surface area contributed by atoms with Gasteiger partial charge in [0.05, 0.1) is 7.11 Å². The van der Waals surface area contributed by atoms with E-state index in [4.69, 9.17) is 9.84 Å². The van der Waals surface area contributed by atoms with Crippen LogP contribution in [0.5, 0.6) is 11.5 Å². The molecular weight excluding hydrogens is 230 g/mol. The zero-order chi connectivity index (χ0) is 10.6. The predicted octanol–water partition coefficient (Wildman–Crippen LogP) is -4.27. The fourth-order valence-corrected chi connectivity index (χ4v) is 0.965. The smallest absolute Gasteiger partial charge is 1.00 e. The van der Waals surface area contributed by atoms with E-state index < -0.39 is 5.97 Å². The molecule has 1 rings (SSSR count). The van der Waals surface area contributed by atoms with Crippen molar-refractivity contribution in [2.75, 3.05) is 7.11 Å². The molecule has 0 saturated heterocycles. The van der Waals surface area contributed by atoms with Crippen LogP contribution in [0.4, 0.5) is 0 Å². The van der Waals surface area contributed by atoms with Crippen molar-refractivity contribution in [3.05, 3.63) is 29.8 Å². The minimum absolute atomic E-state index is 0. The number of ether oxygens (including phenoxy) is 1.